The Hall–Kier alpha value is -3.27. The van der Waals surface area contributed by atoms with Crippen LogP contribution in [0, 0.1) is 0 Å². The van der Waals surface area contributed by atoms with Crippen molar-refractivity contribution in [2.24, 2.45) is 0 Å². The van der Waals surface area contributed by atoms with Crippen LogP contribution in [0.2, 0.25) is 0 Å². The van der Waals surface area contributed by atoms with Crippen LogP contribution >= 0.6 is 0 Å². The average Bonchev–Trinajstić information content (AvgIpc) is 3.01. The van der Waals surface area contributed by atoms with Crippen LogP contribution in [0.15, 0.2) is 54.6 Å². The summed E-state index contributed by atoms with van der Waals surface area (Å²) in [7, 11) is 3.29. The summed E-state index contributed by atoms with van der Waals surface area (Å²) in [5.74, 6) is 1.42. The molecular formula is C21H16N2O2. The quantitative estimate of drug-likeness (QED) is 0.462. The Balaban J connectivity index is 1.92. The number of nitrogens with one attached hydrogen (secondary N) is 1. The van der Waals surface area contributed by atoms with Gasteiger partial charge in [0.15, 0.2) is 11.5 Å². The van der Waals surface area contributed by atoms with Crippen molar-refractivity contribution in [3.8, 4) is 11.5 Å². The monoisotopic (exact) mass is 328 g/mol. The second-order valence-electron chi connectivity index (χ2n) is 6.12. The van der Waals surface area contributed by atoms with Crippen molar-refractivity contribution in [3.63, 3.8) is 0 Å². The van der Waals surface area contributed by atoms with Crippen LogP contribution in [-0.4, -0.2) is 24.2 Å². The summed E-state index contributed by atoms with van der Waals surface area (Å²) < 4.78 is 10.9. The van der Waals surface area contributed by atoms with E-state index >= 15 is 0 Å². The van der Waals surface area contributed by atoms with E-state index in [0.29, 0.717) is 5.75 Å². The maximum Gasteiger partial charge on any atom is 0.162 e. The third-order valence-corrected chi connectivity index (χ3v) is 4.78. The summed E-state index contributed by atoms with van der Waals surface area (Å²) in [6, 6.07) is 18.7. The molecule has 0 saturated carbocycles. The van der Waals surface area contributed by atoms with Gasteiger partial charge in [0.25, 0.3) is 0 Å². The van der Waals surface area contributed by atoms with Crippen LogP contribution < -0.4 is 9.47 Å². The number of fused-ring (bicyclic) bond motifs is 6. The van der Waals surface area contributed by atoms with Crippen LogP contribution in [-0.2, 0) is 0 Å². The van der Waals surface area contributed by atoms with Gasteiger partial charge in [0, 0.05) is 27.6 Å². The molecule has 0 aliphatic rings. The minimum Gasteiger partial charge on any atom is -0.493 e. The summed E-state index contributed by atoms with van der Waals surface area (Å²) in [6.07, 6.45) is 0. The minimum atomic E-state index is 0.705. The molecule has 25 heavy (non-hydrogen) atoms. The van der Waals surface area contributed by atoms with Crippen LogP contribution in [0.4, 0.5) is 0 Å². The number of aromatic amines is 1. The van der Waals surface area contributed by atoms with Crippen LogP contribution in [0.1, 0.15) is 0 Å². The lowest BCUT2D eigenvalue weighted by Gasteiger charge is -2.07. The zero-order chi connectivity index (χ0) is 17.0. The minimum absolute atomic E-state index is 0.705. The van der Waals surface area contributed by atoms with E-state index in [1.807, 2.05) is 18.2 Å². The summed E-state index contributed by atoms with van der Waals surface area (Å²) >= 11 is 0. The van der Waals surface area contributed by atoms with E-state index in [1.54, 1.807) is 14.2 Å². The number of benzene rings is 3. The topological polar surface area (TPSA) is 47.1 Å². The highest BCUT2D eigenvalue weighted by Crippen LogP contribution is 2.37. The maximum atomic E-state index is 5.45. The van der Waals surface area contributed by atoms with Gasteiger partial charge in [-0.1, -0.05) is 36.4 Å². The number of aromatic nitrogens is 2. The number of ether oxygens (including phenoxy) is 2. The highest BCUT2D eigenvalue weighted by molar-refractivity contribution is 6.14. The fraction of sp³-hybridized carbons (Fsp3) is 0.0952. The van der Waals surface area contributed by atoms with Gasteiger partial charge in [-0.2, -0.15) is 0 Å². The molecule has 0 spiro atoms. The van der Waals surface area contributed by atoms with Gasteiger partial charge in [0.2, 0.25) is 0 Å². The molecule has 0 atom stereocenters. The fourth-order valence-electron chi connectivity index (χ4n) is 3.54. The second kappa shape index (κ2) is 5.11. The van der Waals surface area contributed by atoms with Crippen molar-refractivity contribution in [1.82, 2.24) is 9.97 Å². The van der Waals surface area contributed by atoms with Gasteiger partial charge >= 0.3 is 0 Å². The predicted molar refractivity (Wildman–Crippen MR) is 102 cm³/mol. The third kappa shape index (κ3) is 1.97. The average molecular weight is 328 g/mol. The van der Waals surface area contributed by atoms with Gasteiger partial charge in [-0.25, -0.2) is 4.98 Å². The number of H-pyrrole nitrogens is 1. The maximum absolute atomic E-state index is 5.45. The van der Waals surface area contributed by atoms with Crippen molar-refractivity contribution >= 4 is 43.6 Å². The zero-order valence-corrected chi connectivity index (χ0v) is 14.0. The Morgan fingerprint density at radius 1 is 0.760 bits per heavy atom. The van der Waals surface area contributed by atoms with Gasteiger partial charge in [-0.15, -0.1) is 0 Å². The first-order chi connectivity index (χ1) is 12.3. The van der Waals surface area contributed by atoms with Crippen molar-refractivity contribution in [3.05, 3.63) is 54.6 Å². The number of hydrogen-bond donors (Lipinski definition) is 1. The largest absolute Gasteiger partial charge is 0.493 e. The zero-order valence-electron chi connectivity index (χ0n) is 14.0. The SMILES string of the molecule is COc1cc2[nH]c3nc4c(ccc5ccccc54)cc3c2cc1OC. The molecule has 4 heteroatoms. The lowest BCUT2D eigenvalue weighted by Crippen LogP contribution is -1.89. The molecule has 0 saturated heterocycles. The fourth-order valence-corrected chi connectivity index (χ4v) is 3.54. The first kappa shape index (κ1) is 14.1. The van der Waals surface area contributed by atoms with Crippen LogP contribution in [0.5, 0.6) is 11.5 Å². The van der Waals surface area contributed by atoms with Gasteiger partial charge in [0.1, 0.15) is 5.65 Å². The highest BCUT2D eigenvalue weighted by atomic mass is 16.5. The molecule has 0 aliphatic carbocycles. The molecule has 0 bridgehead atoms. The molecule has 0 aliphatic heterocycles. The van der Waals surface area contributed by atoms with Gasteiger partial charge in [-0.3, -0.25) is 0 Å². The number of methoxy groups -OCH3 is 2. The molecule has 2 aromatic heterocycles. The molecule has 0 amide bonds. The summed E-state index contributed by atoms with van der Waals surface area (Å²) in [6.45, 7) is 0. The van der Waals surface area contributed by atoms with E-state index in [9.17, 15) is 0 Å². The lowest BCUT2D eigenvalue weighted by atomic mass is 10.0. The summed E-state index contributed by atoms with van der Waals surface area (Å²) in [5.41, 5.74) is 2.87. The Kier molecular flexibility index (Phi) is 2.88. The molecule has 5 rings (SSSR count). The third-order valence-electron chi connectivity index (χ3n) is 4.78. The van der Waals surface area contributed by atoms with E-state index < -0.39 is 0 Å². The van der Waals surface area contributed by atoms with Crippen molar-refractivity contribution in [2.45, 2.75) is 0 Å². The molecule has 5 aromatic rings. The summed E-state index contributed by atoms with van der Waals surface area (Å²) in [5, 5.41) is 5.65. The molecule has 3 aromatic carbocycles. The smallest absolute Gasteiger partial charge is 0.162 e. The number of hydrogen-bond acceptors (Lipinski definition) is 3. The number of rotatable bonds is 2. The highest BCUT2D eigenvalue weighted by Gasteiger charge is 2.13. The Bertz CT molecular complexity index is 1270. The molecule has 4 nitrogen and oxygen atoms in total. The molecule has 2 heterocycles. The first-order valence-electron chi connectivity index (χ1n) is 8.14. The first-order valence-corrected chi connectivity index (χ1v) is 8.14. The van der Waals surface area contributed by atoms with Crippen LogP contribution in [0.3, 0.4) is 0 Å². The number of pyridine rings is 1. The molecule has 1 N–H and O–H groups in total. The molecule has 0 fully saturated rings. The van der Waals surface area contributed by atoms with Crippen molar-refractivity contribution < 1.29 is 9.47 Å². The van der Waals surface area contributed by atoms with Crippen LogP contribution in [0.25, 0.3) is 43.6 Å². The lowest BCUT2D eigenvalue weighted by molar-refractivity contribution is 0.356. The van der Waals surface area contributed by atoms with E-state index in [1.165, 1.54) is 5.39 Å². The van der Waals surface area contributed by atoms with Gasteiger partial charge in [-0.05, 0) is 17.5 Å². The second-order valence-corrected chi connectivity index (χ2v) is 6.12. The van der Waals surface area contributed by atoms with E-state index in [4.69, 9.17) is 14.5 Å². The van der Waals surface area contributed by atoms with Crippen molar-refractivity contribution in [2.75, 3.05) is 14.2 Å². The van der Waals surface area contributed by atoms with Gasteiger partial charge < -0.3 is 14.5 Å². The van der Waals surface area contributed by atoms with Gasteiger partial charge in [0.05, 0.1) is 25.3 Å². The predicted octanol–water partition coefficient (Wildman–Crippen LogP) is 5.04. The molecule has 0 unspecified atom stereocenters. The molecule has 122 valence electrons. The van der Waals surface area contributed by atoms with E-state index in [0.717, 1.165) is 44.0 Å². The molecule has 0 radical (unpaired) electrons. The number of nitrogens with zero attached hydrogens (tertiary/aromatic N) is 1. The van der Waals surface area contributed by atoms with E-state index in [-0.39, 0.29) is 0 Å². The Morgan fingerprint density at radius 2 is 1.52 bits per heavy atom. The summed E-state index contributed by atoms with van der Waals surface area (Å²) in [4.78, 5) is 8.33. The Morgan fingerprint density at radius 3 is 2.36 bits per heavy atom. The normalized spacial score (nSPS) is 11.6. The molecular weight excluding hydrogens is 312 g/mol. The Labute approximate surface area is 144 Å². The standard InChI is InChI=1S/C21H16N2O2/c1-24-18-10-15-16-9-13-8-7-12-5-3-4-6-14(12)20(13)23-21(16)22-17(15)11-19(18)25-2/h3-11H,1-2H3,(H,22,23). The van der Waals surface area contributed by atoms with Crippen molar-refractivity contribution in [1.29, 1.82) is 0 Å². The van der Waals surface area contributed by atoms with E-state index in [2.05, 4.69) is 41.4 Å².